The van der Waals surface area contributed by atoms with Crippen LogP contribution >= 0.6 is 11.6 Å². The molecule has 0 unspecified atom stereocenters. The highest BCUT2D eigenvalue weighted by Crippen LogP contribution is 2.36. The molecule has 1 fully saturated rings. The zero-order chi connectivity index (χ0) is 28.5. The molecule has 0 bridgehead atoms. The zero-order valence-corrected chi connectivity index (χ0v) is 22.6. The van der Waals surface area contributed by atoms with Gasteiger partial charge in [0.05, 0.1) is 30.4 Å². The number of anilines is 6. The number of hydrogen-bond acceptors (Lipinski definition) is 10. The number of ether oxygens (including phenoxy) is 1. The molecule has 0 saturated carbocycles. The SMILES string of the molecule is CN1CCN(c2ccc(Nc3ncc(Cl)c(Nc4ccc5c(c4)N(CCCF)C(=O)CO5)n3)cn2)CC1.O=CO. The number of carbonyl (C=O) groups is 2. The molecule has 1 saturated heterocycles. The van der Waals surface area contributed by atoms with Gasteiger partial charge in [0.25, 0.3) is 12.4 Å². The van der Waals surface area contributed by atoms with Gasteiger partial charge in [-0.2, -0.15) is 4.98 Å². The van der Waals surface area contributed by atoms with E-state index in [9.17, 15) is 9.18 Å². The molecule has 4 heterocycles. The maximum absolute atomic E-state index is 12.8. The van der Waals surface area contributed by atoms with Crippen LogP contribution in [0, 0.1) is 0 Å². The van der Waals surface area contributed by atoms with Crippen molar-refractivity contribution in [3.8, 4) is 5.75 Å². The van der Waals surface area contributed by atoms with E-state index >= 15 is 0 Å². The van der Waals surface area contributed by atoms with Crippen molar-refractivity contribution in [2.75, 3.05) is 73.5 Å². The summed E-state index contributed by atoms with van der Waals surface area (Å²) < 4.78 is 18.3. The monoisotopic (exact) mass is 572 g/mol. The number of likely N-dealkylation sites (N-methyl/N-ethyl adjacent to an activating group) is 1. The number of carboxylic acid groups (broad SMARTS) is 1. The third-order valence-electron chi connectivity index (χ3n) is 6.26. The standard InChI is InChI=1S/C25H28ClFN8O2.CH2O2/c1-33-9-11-34(12-10-33)22-6-4-18(14-28-22)31-25-29-15-19(26)24(32-25)30-17-3-5-21-20(13-17)35(8-2-7-27)23(36)16-37-21;2-1-3/h3-6,13-15H,2,7-12,16H2,1H3,(H2,29,30,31,32);1H,(H,2,3). The second kappa shape index (κ2) is 13.7. The average Bonchev–Trinajstić information content (AvgIpc) is 2.96. The number of carbonyl (C=O) groups excluding carboxylic acids is 1. The van der Waals surface area contributed by atoms with Crippen molar-refractivity contribution in [1.29, 1.82) is 0 Å². The lowest BCUT2D eigenvalue weighted by Crippen LogP contribution is -2.44. The maximum Gasteiger partial charge on any atom is 0.290 e. The van der Waals surface area contributed by atoms with Gasteiger partial charge >= 0.3 is 0 Å². The van der Waals surface area contributed by atoms with E-state index in [-0.39, 0.29) is 32.0 Å². The van der Waals surface area contributed by atoms with Crippen LogP contribution in [0.15, 0.2) is 42.7 Å². The van der Waals surface area contributed by atoms with Gasteiger partial charge in [-0.05, 0) is 43.8 Å². The van der Waals surface area contributed by atoms with E-state index in [0.717, 1.165) is 37.7 Å². The minimum absolute atomic E-state index is 0.0654. The number of rotatable bonds is 8. The lowest BCUT2D eigenvalue weighted by molar-refractivity contribution is -0.123. The number of benzene rings is 1. The lowest BCUT2D eigenvalue weighted by Gasteiger charge is -2.33. The number of hydrogen-bond donors (Lipinski definition) is 3. The van der Waals surface area contributed by atoms with Gasteiger partial charge in [-0.15, -0.1) is 0 Å². The third kappa shape index (κ3) is 7.24. The van der Waals surface area contributed by atoms with E-state index in [0.29, 0.717) is 33.9 Å². The summed E-state index contributed by atoms with van der Waals surface area (Å²) in [5.74, 6) is 2.03. The highest BCUT2D eigenvalue weighted by molar-refractivity contribution is 6.32. The Kier molecular flexibility index (Phi) is 9.86. The number of fused-ring (bicyclic) bond motifs is 1. The molecular formula is C26H30ClFN8O4. The largest absolute Gasteiger partial charge is 0.483 e. The summed E-state index contributed by atoms with van der Waals surface area (Å²) in [6.45, 7) is 3.38. The van der Waals surface area contributed by atoms with Gasteiger partial charge in [-0.3, -0.25) is 14.0 Å². The Balaban J connectivity index is 0.00000118. The first-order chi connectivity index (χ1) is 19.4. The summed E-state index contributed by atoms with van der Waals surface area (Å²) in [4.78, 5) is 40.2. The molecule has 1 amide bonds. The number of amides is 1. The Labute approximate surface area is 235 Å². The van der Waals surface area contributed by atoms with Gasteiger partial charge in [0, 0.05) is 38.4 Å². The Morgan fingerprint density at radius 2 is 1.85 bits per heavy atom. The molecule has 2 aliphatic heterocycles. The molecule has 5 rings (SSSR count). The van der Waals surface area contributed by atoms with E-state index in [1.807, 2.05) is 12.1 Å². The summed E-state index contributed by atoms with van der Waals surface area (Å²) >= 11 is 6.36. The molecule has 0 aliphatic carbocycles. The molecule has 40 heavy (non-hydrogen) atoms. The zero-order valence-electron chi connectivity index (χ0n) is 21.9. The number of piperazine rings is 1. The number of pyridine rings is 1. The number of nitrogens with one attached hydrogen (secondary N) is 2. The van der Waals surface area contributed by atoms with E-state index < -0.39 is 6.67 Å². The first kappa shape index (κ1) is 28.8. The average molecular weight is 573 g/mol. The fourth-order valence-corrected chi connectivity index (χ4v) is 4.34. The van der Waals surface area contributed by atoms with Gasteiger partial charge in [-0.25, -0.2) is 9.97 Å². The second-order valence-corrected chi connectivity index (χ2v) is 9.41. The van der Waals surface area contributed by atoms with Crippen LogP contribution in [0.3, 0.4) is 0 Å². The number of halogens is 2. The Morgan fingerprint density at radius 1 is 1.10 bits per heavy atom. The highest BCUT2D eigenvalue weighted by Gasteiger charge is 2.25. The first-order valence-electron chi connectivity index (χ1n) is 12.6. The topological polar surface area (TPSA) is 136 Å². The molecule has 2 aliphatic rings. The van der Waals surface area contributed by atoms with Crippen LogP contribution in [-0.4, -0.2) is 90.4 Å². The van der Waals surface area contributed by atoms with Gasteiger partial charge in [-0.1, -0.05) is 11.6 Å². The lowest BCUT2D eigenvalue weighted by atomic mass is 10.2. The maximum atomic E-state index is 12.8. The van der Waals surface area contributed by atoms with Gasteiger partial charge in [0.2, 0.25) is 5.95 Å². The number of aromatic nitrogens is 3. The molecule has 12 nitrogen and oxygen atoms in total. The summed E-state index contributed by atoms with van der Waals surface area (Å²) in [5, 5.41) is 13.6. The molecule has 0 spiro atoms. The highest BCUT2D eigenvalue weighted by atomic mass is 35.5. The third-order valence-corrected chi connectivity index (χ3v) is 6.53. The van der Waals surface area contributed by atoms with Crippen LogP contribution in [0.5, 0.6) is 5.75 Å². The smallest absolute Gasteiger partial charge is 0.290 e. The van der Waals surface area contributed by atoms with E-state index in [4.69, 9.17) is 26.2 Å². The molecule has 14 heteroatoms. The summed E-state index contributed by atoms with van der Waals surface area (Å²) in [7, 11) is 2.12. The summed E-state index contributed by atoms with van der Waals surface area (Å²) in [5.41, 5.74) is 1.97. The molecular weight excluding hydrogens is 543 g/mol. The van der Waals surface area contributed by atoms with Crippen LogP contribution in [0.2, 0.25) is 5.02 Å². The predicted octanol–water partition coefficient (Wildman–Crippen LogP) is 3.55. The first-order valence-corrected chi connectivity index (χ1v) is 13.0. The van der Waals surface area contributed by atoms with Crippen molar-refractivity contribution < 1.29 is 23.8 Å². The second-order valence-electron chi connectivity index (χ2n) is 9.00. The van der Waals surface area contributed by atoms with Crippen LogP contribution < -0.4 is 25.2 Å². The Morgan fingerprint density at radius 3 is 2.55 bits per heavy atom. The molecule has 1 aromatic carbocycles. The van der Waals surface area contributed by atoms with Crippen LogP contribution in [-0.2, 0) is 9.59 Å². The molecule has 3 N–H and O–H groups in total. The van der Waals surface area contributed by atoms with Crippen molar-refractivity contribution in [1.82, 2.24) is 19.9 Å². The summed E-state index contributed by atoms with van der Waals surface area (Å²) in [6.07, 6.45) is 3.51. The molecule has 2 aromatic heterocycles. The fourth-order valence-electron chi connectivity index (χ4n) is 4.21. The number of nitrogens with zero attached hydrogens (tertiary/aromatic N) is 6. The van der Waals surface area contributed by atoms with Crippen LogP contribution in [0.1, 0.15) is 6.42 Å². The van der Waals surface area contributed by atoms with E-state index in [1.165, 1.54) is 11.1 Å². The van der Waals surface area contributed by atoms with Crippen molar-refractivity contribution in [3.63, 3.8) is 0 Å². The quantitative estimate of drug-likeness (QED) is 0.342. The van der Waals surface area contributed by atoms with Crippen LogP contribution in [0.25, 0.3) is 0 Å². The predicted molar refractivity (Wildman–Crippen MR) is 151 cm³/mol. The van der Waals surface area contributed by atoms with Gasteiger partial charge in [0.1, 0.15) is 16.6 Å². The summed E-state index contributed by atoms with van der Waals surface area (Å²) in [6, 6.07) is 9.24. The Hall–Kier alpha value is -4.23. The normalized spacial score (nSPS) is 14.9. The molecule has 0 radical (unpaired) electrons. The molecule has 0 atom stereocenters. The van der Waals surface area contributed by atoms with Gasteiger partial charge < -0.3 is 35.2 Å². The van der Waals surface area contributed by atoms with Crippen molar-refractivity contribution >= 4 is 58.6 Å². The number of alkyl halides is 1. The van der Waals surface area contributed by atoms with Crippen molar-refractivity contribution in [2.24, 2.45) is 0 Å². The molecule has 3 aromatic rings. The van der Waals surface area contributed by atoms with Crippen molar-refractivity contribution in [2.45, 2.75) is 6.42 Å². The van der Waals surface area contributed by atoms with Crippen LogP contribution in [0.4, 0.5) is 39.0 Å². The van der Waals surface area contributed by atoms with Gasteiger partial charge in [0.15, 0.2) is 12.4 Å². The molecule has 212 valence electrons. The fraction of sp³-hybridized carbons (Fsp3) is 0.346. The Bertz CT molecular complexity index is 1310. The minimum Gasteiger partial charge on any atom is -0.483 e. The minimum atomic E-state index is -0.502. The van der Waals surface area contributed by atoms with Crippen molar-refractivity contribution in [3.05, 3.63) is 47.7 Å². The van der Waals surface area contributed by atoms with E-state index in [2.05, 4.69) is 42.4 Å². The van der Waals surface area contributed by atoms with E-state index in [1.54, 1.807) is 24.4 Å².